The average molecular weight is 345 g/mol. The minimum atomic E-state index is -0.646. The molecule has 1 heterocycles. The third-order valence-corrected chi connectivity index (χ3v) is 3.10. The van der Waals surface area contributed by atoms with Crippen LogP contribution in [0.5, 0.6) is 0 Å². The van der Waals surface area contributed by atoms with Crippen LogP contribution in [-0.2, 0) is 9.53 Å². The van der Waals surface area contributed by atoms with Crippen molar-refractivity contribution < 1.29 is 14.3 Å². The van der Waals surface area contributed by atoms with Gasteiger partial charge in [0.05, 0.1) is 0 Å². The van der Waals surface area contributed by atoms with Crippen LogP contribution in [0.4, 0.5) is 4.79 Å². The standard InChI is InChI=1S/C17H23N5O3/c1-11-19-15(22-21-11)14(12-8-6-5-7-9-12)20-13(23)10-18-16(24)25-17(2,3)4/h5-9,14H,10H2,1-4H3,(H,18,24)(H,20,23)(H,19,21,22). The van der Waals surface area contributed by atoms with Crippen molar-refractivity contribution in [3.05, 3.63) is 47.5 Å². The Morgan fingerprint density at radius 1 is 1.24 bits per heavy atom. The zero-order valence-electron chi connectivity index (χ0n) is 14.8. The first-order valence-corrected chi connectivity index (χ1v) is 7.94. The van der Waals surface area contributed by atoms with Gasteiger partial charge in [-0.2, -0.15) is 5.10 Å². The average Bonchev–Trinajstić information content (AvgIpc) is 2.96. The highest BCUT2D eigenvalue weighted by Crippen LogP contribution is 2.18. The molecule has 0 saturated heterocycles. The molecule has 1 aromatic carbocycles. The molecule has 25 heavy (non-hydrogen) atoms. The summed E-state index contributed by atoms with van der Waals surface area (Å²) >= 11 is 0. The van der Waals surface area contributed by atoms with E-state index in [0.29, 0.717) is 11.6 Å². The van der Waals surface area contributed by atoms with Gasteiger partial charge in [0.1, 0.15) is 24.0 Å². The summed E-state index contributed by atoms with van der Waals surface area (Å²) in [6.07, 6.45) is -0.646. The number of hydrogen-bond donors (Lipinski definition) is 3. The number of hydrogen-bond acceptors (Lipinski definition) is 5. The highest BCUT2D eigenvalue weighted by Gasteiger charge is 2.22. The number of carbonyl (C=O) groups excluding carboxylic acids is 2. The Bertz CT molecular complexity index is 721. The highest BCUT2D eigenvalue weighted by atomic mass is 16.6. The monoisotopic (exact) mass is 345 g/mol. The Morgan fingerprint density at radius 2 is 1.92 bits per heavy atom. The van der Waals surface area contributed by atoms with Crippen molar-refractivity contribution in [2.45, 2.75) is 39.3 Å². The summed E-state index contributed by atoms with van der Waals surface area (Å²) in [5.74, 6) is 0.730. The molecule has 0 spiro atoms. The van der Waals surface area contributed by atoms with E-state index < -0.39 is 17.7 Å². The molecule has 1 unspecified atom stereocenters. The van der Waals surface area contributed by atoms with E-state index in [1.807, 2.05) is 30.3 Å². The second kappa shape index (κ2) is 7.78. The number of aromatic amines is 1. The summed E-state index contributed by atoms with van der Waals surface area (Å²) in [7, 11) is 0. The summed E-state index contributed by atoms with van der Waals surface area (Å²) in [4.78, 5) is 28.2. The molecule has 0 radical (unpaired) electrons. The molecule has 3 N–H and O–H groups in total. The third-order valence-electron chi connectivity index (χ3n) is 3.10. The van der Waals surface area contributed by atoms with Gasteiger partial charge in [-0.25, -0.2) is 9.78 Å². The fourth-order valence-corrected chi connectivity index (χ4v) is 2.11. The van der Waals surface area contributed by atoms with Gasteiger partial charge in [0.15, 0.2) is 5.82 Å². The number of alkyl carbamates (subject to hydrolysis) is 1. The van der Waals surface area contributed by atoms with Crippen LogP contribution in [0.15, 0.2) is 30.3 Å². The summed E-state index contributed by atoms with van der Waals surface area (Å²) in [6, 6.07) is 8.85. The van der Waals surface area contributed by atoms with Crippen LogP contribution in [0.1, 0.15) is 44.0 Å². The van der Waals surface area contributed by atoms with E-state index in [0.717, 1.165) is 5.56 Å². The van der Waals surface area contributed by atoms with E-state index in [1.54, 1.807) is 27.7 Å². The molecule has 0 aliphatic heterocycles. The number of ether oxygens (including phenoxy) is 1. The van der Waals surface area contributed by atoms with Gasteiger partial charge in [0.2, 0.25) is 5.91 Å². The second-order valence-electron chi connectivity index (χ2n) is 6.55. The normalized spacial score (nSPS) is 12.3. The van der Waals surface area contributed by atoms with Crippen LogP contribution in [0.2, 0.25) is 0 Å². The quantitative estimate of drug-likeness (QED) is 0.766. The van der Waals surface area contributed by atoms with Gasteiger partial charge < -0.3 is 15.4 Å². The summed E-state index contributed by atoms with van der Waals surface area (Å²) in [6.45, 7) is 6.84. The van der Waals surface area contributed by atoms with Crippen LogP contribution < -0.4 is 10.6 Å². The Balaban J connectivity index is 2.02. The molecule has 8 heteroatoms. The van der Waals surface area contributed by atoms with Crippen molar-refractivity contribution in [2.24, 2.45) is 0 Å². The second-order valence-corrected chi connectivity index (χ2v) is 6.55. The van der Waals surface area contributed by atoms with Gasteiger partial charge in [-0.3, -0.25) is 9.89 Å². The number of aromatic nitrogens is 3. The van der Waals surface area contributed by atoms with Crippen molar-refractivity contribution in [3.63, 3.8) is 0 Å². The molecule has 0 aliphatic carbocycles. The van der Waals surface area contributed by atoms with E-state index in [-0.39, 0.29) is 12.5 Å². The lowest BCUT2D eigenvalue weighted by Crippen LogP contribution is -2.41. The zero-order valence-corrected chi connectivity index (χ0v) is 14.8. The molecule has 1 aromatic heterocycles. The Morgan fingerprint density at radius 3 is 2.48 bits per heavy atom. The van der Waals surface area contributed by atoms with Gasteiger partial charge in [0.25, 0.3) is 0 Å². The lowest BCUT2D eigenvalue weighted by molar-refractivity contribution is -0.120. The minimum Gasteiger partial charge on any atom is -0.444 e. The lowest BCUT2D eigenvalue weighted by atomic mass is 10.1. The van der Waals surface area contributed by atoms with Gasteiger partial charge in [-0.15, -0.1) is 0 Å². The number of H-pyrrole nitrogens is 1. The van der Waals surface area contributed by atoms with Crippen LogP contribution in [0.25, 0.3) is 0 Å². The Hall–Kier alpha value is -2.90. The molecule has 0 saturated carbocycles. The highest BCUT2D eigenvalue weighted by molar-refractivity contribution is 5.82. The summed E-state index contributed by atoms with van der Waals surface area (Å²) in [5, 5.41) is 12.1. The molecular formula is C17H23N5O3. The topological polar surface area (TPSA) is 109 Å². The molecule has 8 nitrogen and oxygen atoms in total. The van der Waals surface area contributed by atoms with Crippen LogP contribution in [0, 0.1) is 6.92 Å². The molecule has 2 aromatic rings. The molecule has 1 atom stereocenters. The maximum Gasteiger partial charge on any atom is 0.408 e. The summed E-state index contributed by atoms with van der Waals surface area (Å²) in [5.41, 5.74) is 0.219. The van der Waals surface area contributed by atoms with Crippen molar-refractivity contribution in [1.82, 2.24) is 25.8 Å². The molecule has 134 valence electrons. The number of benzene rings is 1. The largest absolute Gasteiger partial charge is 0.444 e. The minimum absolute atomic E-state index is 0.207. The van der Waals surface area contributed by atoms with E-state index in [2.05, 4.69) is 25.8 Å². The number of amides is 2. The van der Waals surface area contributed by atoms with Crippen molar-refractivity contribution in [1.29, 1.82) is 0 Å². The van der Waals surface area contributed by atoms with Gasteiger partial charge in [0, 0.05) is 0 Å². The van der Waals surface area contributed by atoms with E-state index in [1.165, 1.54) is 0 Å². The molecule has 0 bridgehead atoms. The smallest absolute Gasteiger partial charge is 0.408 e. The molecule has 0 fully saturated rings. The van der Waals surface area contributed by atoms with E-state index in [9.17, 15) is 9.59 Å². The maximum atomic E-state index is 12.2. The molecule has 0 aliphatic rings. The fourth-order valence-electron chi connectivity index (χ4n) is 2.11. The predicted octanol–water partition coefficient (Wildman–Crippen LogP) is 1.84. The predicted molar refractivity (Wildman–Crippen MR) is 91.8 cm³/mol. The number of aryl methyl sites for hydroxylation is 1. The summed E-state index contributed by atoms with van der Waals surface area (Å²) < 4.78 is 5.11. The van der Waals surface area contributed by atoms with Crippen LogP contribution in [-0.4, -0.2) is 39.3 Å². The van der Waals surface area contributed by atoms with Gasteiger partial charge in [-0.1, -0.05) is 30.3 Å². The van der Waals surface area contributed by atoms with Crippen LogP contribution in [0.3, 0.4) is 0 Å². The third kappa shape index (κ3) is 5.91. The van der Waals surface area contributed by atoms with Crippen LogP contribution >= 0.6 is 0 Å². The first kappa shape index (κ1) is 18.4. The molecular weight excluding hydrogens is 322 g/mol. The van der Waals surface area contributed by atoms with E-state index >= 15 is 0 Å². The van der Waals surface area contributed by atoms with E-state index in [4.69, 9.17) is 4.74 Å². The Labute approximate surface area is 146 Å². The SMILES string of the molecule is Cc1nc(C(NC(=O)CNC(=O)OC(C)(C)C)c2ccccc2)n[nH]1. The first-order valence-electron chi connectivity index (χ1n) is 7.94. The fraction of sp³-hybridized carbons (Fsp3) is 0.412. The molecule has 2 amide bonds. The number of carbonyl (C=O) groups is 2. The van der Waals surface area contributed by atoms with Crippen molar-refractivity contribution >= 4 is 12.0 Å². The maximum absolute atomic E-state index is 12.2. The lowest BCUT2D eigenvalue weighted by Gasteiger charge is -2.20. The number of nitrogens with zero attached hydrogens (tertiary/aromatic N) is 2. The first-order chi connectivity index (χ1) is 11.7. The van der Waals surface area contributed by atoms with Gasteiger partial charge >= 0.3 is 6.09 Å². The number of rotatable bonds is 5. The van der Waals surface area contributed by atoms with Crippen molar-refractivity contribution in [2.75, 3.05) is 6.54 Å². The van der Waals surface area contributed by atoms with Crippen molar-refractivity contribution in [3.8, 4) is 0 Å². The van der Waals surface area contributed by atoms with Gasteiger partial charge in [-0.05, 0) is 33.3 Å². The Kier molecular flexibility index (Phi) is 5.74. The molecule has 2 rings (SSSR count). The zero-order chi connectivity index (χ0) is 18.4. The number of nitrogens with one attached hydrogen (secondary N) is 3.